The molecule has 1 N–H and O–H groups in total. The van der Waals surface area contributed by atoms with E-state index in [4.69, 9.17) is 0 Å². The van der Waals surface area contributed by atoms with Crippen LogP contribution in [0.4, 0.5) is 0 Å². The minimum absolute atomic E-state index is 0.884. The van der Waals surface area contributed by atoms with Gasteiger partial charge in [0.25, 0.3) is 0 Å². The first-order valence-corrected chi connectivity index (χ1v) is 6.18. The largest absolute Gasteiger partial charge is 0.380 e. The van der Waals surface area contributed by atoms with E-state index in [2.05, 4.69) is 6.92 Å². The SMILES string of the molecule is Cc1cccc(C(C)(O)c2ccc(C)s2)c1. The normalized spacial score (nSPS) is 14.8. The third kappa shape index (κ3) is 2.04. The minimum atomic E-state index is -0.884. The van der Waals surface area contributed by atoms with Crippen LogP contribution in [0.3, 0.4) is 0 Å². The molecule has 84 valence electrons. The Balaban J connectivity index is 2.46. The molecule has 0 saturated heterocycles. The summed E-state index contributed by atoms with van der Waals surface area (Å²) in [6.07, 6.45) is 0. The van der Waals surface area contributed by atoms with Crippen LogP contribution in [0.25, 0.3) is 0 Å². The van der Waals surface area contributed by atoms with Gasteiger partial charge in [0, 0.05) is 9.75 Å². The zero-order valence-electron chi connectivity index (χ0n) is 9.82. The van der Waals surface area contributed by atoms with Gasteiger partial charge in [-0.3, -0.25) is 0 Å². The summed E-state index contributed by atoms with van der Waals surface area (Å²) in [7, 11) is 0. The maximum absolute atomic E-state index is 10.6. The van der Waals surface area contributed by atoms with Crippen molar-refractivity contribution in [3.05, 3.63) is 57.3 Å². The standard InChI is InChI=1S/C14H16OS/c1-10-5-4-6-12(9-10)14(3,15)13-8-7-11(2)16-13/h4-9,15H,1-3H3. The first-order chi connectivity index (χ1) is 7.50. The van der Waals surface area contributed by atoms with Crippen molar-refractivity contribution in [2.75, 3.05) is 0 Å². The second kappa shape index (κ2) is 4.04. The molecule has 1 unspecified atom stereocenters. The van der Waals surface area contributed by atoms with Crippen LogP contribution in [0.15, 0.2) is 36.4 Å². The van der Waals surface area contributed by atoms with Crippen molar-refractivity contribution >= 4 is 11.3 Å². The van der Waals surface area contributed by atoms with Crippen molar-refractivity contribution in [3.63, 3.8) is 0 Å². The minimum Gasteiger partial charge on any atom is -0.380 e. The Morgan fingerprint density at radius 3 is 2.44 bits per heavy atom. The molecule has 0 amide bonds. The van der Waals surface area contributed by atoms with E-state index in [-0.39, 0.29) is 0 Å². The van der Waals surface area contributed by atoms with Crippen molar-refractivity contribution in [1.82, 2.24) is 0 Å². The van der Waals surface area contributed by atoms with Crippen LogP contribution in [-0.4, -0.2) is 5.11 Å². The highest BCUT2D eigenvalue weighted by Crippen LogP contribution is 2.33. The number of aryl methyl sites for hydroxylation is 2. The number of benzene rings is 1. The van der Waals surface area contributed by atoms with E-state index >= 15 is 0 Å². The van der Waals surface area contributed by atoms with Crippen LogP contribution in [-0.2, 0) is 5.60 Å². The predicted molar refractivity (Wildman–Crippen MR) is 68.9 cm³/mol. The number of hydrogen-bond acceptors (Lipinski definition) is 2. The van der Waals surface area contributed by atoms with E-state index in [9.17, 15) is 5.11 Å². The maximum atomic E-state index is 10.6. The number of thiophene rings is 1. The molecular formula is C14H16OS. The van der Waals surface area contributed by atoms with E-state index in [0.29, 0.717) is 0 Å². The monoisotopic (exact) mass is 232 g/mol. The smallest absolute Gasteiger partial charge is 0.121 e. The lowest BCUT2D eigenvalue weighted by Gasteiger charge is -2.22. The quantitative estimate of drug-likeness (QED) is 0.838. The summed E-state index contributed by atoms with van der Waals surface area (Å²) < 4.78 is 0. The molecule has 2 heteroatoms. The van der Waals surface area contributed by atoms with Crippen molar-refractivity contribution in [3.8, 4) is 0 Å². The molecule has 16 heavy (non-hydrogen) atoms. The Kier molecular flexibility index (Phi) is 2.87. The fourth-order valence-electron chi connectivity index (χ4n) is 1.79. The van der Waals surface area contributed by atoms with Gasteiger partial charge in [0.15, 0.2) is 0 Å². The van der Waals surface area contributed by atoms with E-state index in [1.165, 1.54) is 10.4 Å². The third-order valence-electron chi connectivity index (χ3n) is 2.80. The van der Waals surface area contributed by atoms with Crippen molar-refractivity contribution in [2.24, 2.45) is 0 Å². The molecule has 1 nitrogen and oxygen atoms in total. The summed E-state index contributed by atoms with van der Waals surface area (Å²) in [5.74, 6) is 0. The van der Waals surface area contributed by atoms with Crippen molar-refractivity contribution < 1.29 is 5.11 Å². The second-order valence-electron chi connectivity index (χ2n) is 4.35. The van der Waals surface area contributed by atoms with Crippen LogP contribution in [0.2, 0.25) is 0 Å². The Morgan fingerprint density at radius 2 is 1.88 bits per heavy atom. The molecular weight excluding hydrogens is 216 g/mol. The highest BCUT2D eigenvalue weighted by atomic mass is 32.1. The van der Waals surface area contributed by atoms with Crippen LogP contribution in [0, 0.1) is 13.8 Å². The van der Waals surface area contributed by atoms with Crippen molar-refractivity contribution in [2.45, 2.75) is 26.4 Å². The van der Waals surface area contributed by atoms with Crippen LogP contribution in [0.5, 0.6) is 0 Å². The van der Waals surface area contributed by atoms with Crippen LogP contribution >= 0.6 is 11.3 Å². The van der Waals surface area contributed by atoms with Gasteiger partial charge in [0.2, 0.25) is 0 Å². The fourth-order valence-corrected chi connectivity index (χ4v) is 2.72. The highest BCUT2D eigenvalue weighted by Gasteiger charge is 2.26. The molecule has 0 bridgehead atoms. The Bertz CT molecular complexity index is 497. The fraction of sp³-hybridized carbons (Fsp3) is 0.286. The average molecular weight is 232 g/mol. The summed E-state index contributed by atoms with van der Waals surface area (Å²) in [4.78, 5) is 2.22. The van der Waals surface area contributed by atoms with Gasteiger partial charge >= 0.3 is 0 Å². The lowest BCUT2D eigenvalue weighted by molar-refractivity contribution is 0.106. The summed E-state index contributed by atoms with van der Waals surface area (Å²) in [6.45, 7) is 5.95. The van der Waals surface area contributed by atoms with Gasteiger partial charge in [-0.2, -0.15) is 0 Å². The average Bonchev–Trinajstić information content (AvgIpc) is 2.65. The molecule has 0 spiro atoms. The zero-order chi connectivity index (χ0) is 11.8. The highest BCUT2D eigenvalue weighted by molar-refractivity contribution is 7.12. The Hall–Kier alpha value is -1.12. The predicted octanol–water partition coefficient (Wildman–Crippen LogP) is 3.62. The first-order valence-electron chi connectivity index (χ1n) is 5.36. The summed E-state index contributed by atoms with van der Waals surface area (Å²) in [5.41, 5.74) is 1.24. The van der Waals surface area contributed by atoms with E-state index in [1.807, 2.05) is 50.2 Å². The van der Waals surface area contributed by atoms with Crippen molar-refractivity contribution in [1.29, 1.82) is 0 Å². The maximum Gasteiger partial charge on any atom is 0.121 e. The van der Waals surface area contributed by atoms with Gasteiger partial charge in [0.1, 0.15) is 5.60 Å². The summed E-state index contributed by atoms with van der Waals surface area (Å²) >= 11 is 1.65. The second-order valence-corrected chi connectivity index (χ2v) is 5.64. The molecule has 0 fully saturated rings. The Morgan fingerprint density at radius 1 is 1.12 bits per heavy atom. The Labute approximate surface area is 100 Å². The zero-order valence-corrected chi connectivity index (χ0v) is 10.6. The van der Waals surface area contributed by atoms with Gasteiger partial charge in [-0.1, -0.05) is 29.8 Å². The van der Waals surface area contributed by atoms with Crippen LogP contribution in [0.1, 0.15) is 27.8 Å². The van der Waals surface area contributed by atoms with Gasteiger partial charge in [-0.15, -0.1) is 11.3 Å². The number of hydrogen-bond donors (Lipinski definition) is 1. The molecule has 0 saturated carbocycles. The molecule has 1 atom stereocenters. The van der Waals surface area contributed by atoms with Gasteiger partial charge in [-0.25, -0.2) is 0 Å². The van der Waals surface area contributed by atoms with E-state index < -0.39 is 5.60 Å². The lowest BCUT2D eigenvalue weighted by Crippen LogP contribution is -2.21. The molecule has 0 radical (unpaired) electrons. The molecule has 1 aromatic heterocycles. The molecule has 2 aromatic rings. The topological polar surface area (TPSA) is 20.2 Å². The summed E-state index contributed by atoms with van der Waals surface area (Å²) in [5, 5.41) is 10.6. The summed E-state index contributed by atoms with van der Waals surface area (Å²) in [6, 6.07) is 12.1. The molecule has 0 aliphatic heterocycles. The molecule has 1 heterocycles. The molecule has 2 rings (SSSR count). The molecule has 0 aliphatic carbocycles. The third-order valence-corrected chi connectivity index (χ3v) is 4.01. The molecule has 0 aliphatic rings. The van der Waals surface area contributed by atoms with E-state index in [0.717, 1.165) is 10.4 Å². The number of rotatable bonds is 2. The van der Waals surface area contributed by atoms with E-state index in [1.54, 1.807) is 11.3 Å². The lowest BCUT2D eigenvalue weighted by atomic mass is 9.93. The van der Waals surface area contributed by atoms with Gasteiger partial charge in [0.05, 0.1) is 0 Å². The van der Waals surface area contributed by atoms with Gasteiger partial charge < -0.3 is 5.11 Å². The first kappa shape index (κ1) is 11.4. The molecule has 1 aromatic carbocycles. The van der Waals surface area contributed by atoms with Gasteiger partial charge in [-0.05, 0) is 38.5 Å². The number of aliphatic hydroxyl groups is 1. The van der Waals surface area contributed by atoms with Crippen LogP contribution < -0.4 is 0 Å².